The molecule has 8 aromatic rings. The number of ether oxygens (including phenoxy) is 6. The predicted molar refractivity (Wildman–Crippen MR) is 245 cm³/mol. The number of aliphatic hydroxyl groups excluding tert-OH is 1. The van der Waals surface area contributed by atoms with E-state index in [0.29, 0.717) is 30.3 Å². The molecule has 0 aliphatic carbocycles. The van der Waals surface area contributed by atoms with E-state index in [0.717, 1.165) is 0 Å². The van der Waals surface area contributed by atoms with E-state index in [-0.39, 0.29) is 0 Å². The largest absolute Gasteiger partial charge is 0.504 e. The van der Waals surface area contributed by atoms with Gasteiger partial charge in [-0.1, -0.05) is 0 Å². The van der Waals surface area contributed by atoms with Crippen LogP contribution in [0.3, 0.4) is 0 Å². The Morgan fingerprint density at radius 2 is 0.833 bits per heavy atom. The highest BCUT2D eigenvalue weighted by Gasteiger charge is 2.54. The van der Waals surface area contributed by atoms with Gasteiger partial charge in [0.2, 0.25) is 40.2 Å². The van der Waals surface area contributed by atoms with Crippen molar-refractivity contribution in [1.29, 1.82) is 0 Å². The summed E-state index contributed by atoms with van der Waals surface area (Å²) in [5, 5.41) is 173. The monoisotopic (exact) mass is 1080 g/mol. The first-order chi connectivity index (χ1) is 36.8. The van der Waals surface area contributed by atoms with Gasteiger partial charge >= 0.3 is 35.1 Å². The van der Waals surface area contributed by atoms with E-state index in [4.69, 9.17) is 37.3 Å². The van der Waals surface area contributed by atoms with Crippen molar-refractivity contribution >= 4 is 56.6 Å². The van der Waals surface area contributed by atoms with Crippen molar-refractivity contribution in [3.63, 3.8) is 0 Å². The van der Waals surface area contributed by atoms with Gasteiger partial charge in [-0.15, -0.1) is 0 Å². The van der Waals surface area contributed by atoms with Crippen LogP contribution in [-0.4, -0.2) is 143 Å². The van der Waals surface area contributed by atoms with Crippen LogP contribution in [0.15, 0.2) is 48.8 Å². The topological polar surface area (TPSA) is 508 Å². The maximum absolute atomic E-state index is 15.0. The first-order valence-corrected chi connectivity index (χ1v) is 21.7. The van der Waals surface area contributed by atoms with Crippen molar-refractivity contribution in [1.82, 2.24) is 0 Å². The summed E-state index contributed by atoms with van der Waals surface area (Å²) in [6, 6.07) is 2.12. The summed E-state index contributed by atoms with van der Waals surface area (Å²) in [6.07, 6.45) is -12.8. The van der Waals surface area contributed by atoms with Crippen LogP contribution < -0.4 is 16.0 Å². The number of carbonyl (C=O) groups excluding carboxylic acids is 4. The van der Waals surface area contributed by atoms with Gasteiger partial charge in [0.15, 0.2) is 93.3 Å². The van der Waals surface area contributed by atoms with Crippen LogP contribution in [0.25, 0.3) is 55.0 Å². The van der Waals surface area contributed by atoms with Gasteiger partial charge in [0.05, 0.1) is 27.5 Å². The lowest BCUT2D eigenvalue weighted by Crippen LogP contribution is -2.62. The molecule has 16 N–H and O–H groups in total. The van der Waals surface area contributed by atoms with Crippen molar-refractivity contribution in [3.8, 4) is 120 Å². The number of benzene rings is 6. The molecular formula is C48H28O30. The smallest absolute Gasteiger partial charge is 0.345 e. The Hall–Kier alpha value is -11.1. The number of rotatable bonds is 0. The van der Waals surface area contributed by atoms with Crippen molar-refractivity contribution in [2.45, 2.75) is 30.7 Å². The van der Waals surface area contributed by atoms with Gasteiger partial charge in [-0.05, 0) is 24.3 Å². The van der Waals surface area contributed by atoms with Crippen molar-refractivity contribution in [3.05, 3.63) is 73.4 Å². The van der Waals surface area contributed by atoms with Crippen molar-refractivity contribution in [2.24, 2.45) is 0 Å². The van der Waals surface area contributed by atoms with Gasteiger partial charge in [-0.2, -0.15) is 0 Å². The molecule has 1 fully saturated rings. The summed E-state index contributed by atoms with van der Waals surface area (Å²) in [7, 11) is 0. The normalized spacial score (nSPS) is 19.3. The zero-order valence-corrected chi connectivity index (χ0v) is 37.9. The molecule has 0 spiro atoms. The van der Waals surface area contributed by atoms with Gasteiger partial charge in [0.1, 0.15) is 18.3 Å². The second-order valence-electron chi connectivity index (χ2n) is 17.3. The van der Waals surface area contributed by atoms with Crippen LogP contribution in [0.4, 0.5) is 0 Å². The Morgan fingerprint density at radius 1 is 0.385 bits per heavy atom. The number of carbonyl (C=O) groups is 4. The fourth-order valence-corrected chi connectivity index (χ4v) is 9.40. The Kier molecular flexibility index (Phi) is 10.5. The molecule has 5 atom stereocenters. The molecule has 0 amide bonds. The number of esters is 4. The lowest BCUT2D eigenvalue weighted by Gasteiger charge is -2.43. The number of aliphatic hydroxyl groups is 1. The fraction of sp³-hybridized carbons (Fsp3) is 0.125. The lowest BCUT2D eigenvalue weighted by molar-refractivity contribution is -0.284. The molecule has 30 nitrogen and oxygen atoms in total. The molecule has 0 radical (unpaired) electrons. The molecule has 11 rings (SSSR count). The van der Waals surface area contributed by atoms with Crippen LogP contribution >= 0.6 is 0 Å². The van der Waals surface area contributed by atoms with Gasteiger partial charge in [-0.3, -0.25) is 0 Å². The SMILES string of the molecule is O=C1OC[C@H]2O[C@@H](O)[C@@H]3OC(=O)c4cc(O)c(O)c(O)c4-c4c(cc(O)c(O)c4O)C(=O)O[C@H]3[C@@H]2OC(=O)c2cc(O)c(O)c(O)c2-c2c(O)c(O)c3oc(=O)c4cc(O)c(c5oc(=O)c2c3c54)Oc2c1cc(O)c(O)c2O. The minimum absolute atomic E-state index is 0.320. The average molecular weight is 1080 g/mol. The minimum atomic E-state index is -2.67. The summed E-state index contributed by atoms with van der Waals surface area (Å²) in [4.78, 5) is 85.9. The van der Waals surface area contributed by atoms with Crippen molar-refractivity contribution in [2.75, 3.05) is 6.61 Å². The number of fused-ring (bicyclic) bond motifs is 10. The van der Waals surface area contributed by atoms with Crippen LogP contribution in [0.5, 0.6) is 97.7 Å². The number of hydrogen-bond donors (Lipinski definition) is 16. The molecule has 2 aromatic heterocycles. The third-order valence-corrected chi connectivity index (χ3v) is 13.0. The van der Waals surface area contributed by atoms with Gasteiger partial charge in [-0.25, -0.2) is 28.8 Å². The molecule has 3 aliphatic heterocycles. The lowest BCUT2D eigenvalue weighted by atomic mass is 9.90. The van der Waals surface area contributed by atoms with E-state index in [1.54, 1.807) is 0 Å². The molecular weight excluding hydrogens is 1060 g/mol. The number of phenolic OH excluding ortho intramolecular Hbond substituents is 15. The molecule has 30 heteroatoms. The molecule has 78 heavy (non-hydrogen) atoms. The summed E-state index contributed by atoms with van der Waals surface area (Å²) in [5.41, 5.74) is -14.5. The van der Waals surface area contributed by atoms with Gasteiger partial charge in [0.25, 0.3) is 0 Å². The zero-order valence-electron chi connectivity index (χ0n) is 37.9. The Labute approximate surface area is 424 Å². The highest BCUT2D eigenvalue weighted by atomic mass is 16.7. The van der Waals surface area contributed by atoms with Crippen LogP contribution in [0.2, 0.25) is 0 Å². The van der Waals surface area contributed by atoms with Gasteiger partial charge in [0, 0.05) is 39.1 Å². The van der Waals surface area contributed by atoms with Gasteiger partial charge < -0.3 is 119 Å². The third-order valence-electron chi connectivity index (χ3n) is 13.0. The Balaban J connectivity index is 1.20. The van der Waals surface area contributed by atoms with E-state index < -0.39 is 247 Å². The van der Waals surface area contributed by atoms with E-state index in [1.807, 2.05) is 0 Å². The molecule has 400 valence electrons. The third kappa shape index (κ3) is 6.76. The standard InChI is InChI=1S/C48H28O30/c49-12-1-7-18(29(58)25(12)54)19-8(2-13(50)26(55)30(19)59)45(67)78-41-40(77-44(7)66)37-17(72-48(41)70)6-71-42(64)11-5-15(52)28(57)33(62)35(11)73-36-16(53)4-10-21-23-24(47(69)76-39(21)36)22(32(61)34(63)38(23)75-46(10)68)20-9(43(65)74-37)3-14(51)27(56)31(20)60/h1-5,17,37,40-41,48-63,70H,6H2/t17-,37-,40+,41-,48-/m1/s1. The highest BCUT2D eigenvalue weighted by molar-refractivity contribution is 6.26. The molecule has 5 heterocycles. The summed E-state index contributed by atoms with van der Waals surface area (Å²) < 4.78 is 44.4. The fourth-order valence-electron chi connectivity index (χ4n) is 9.40. The number of hydrogen-bond acceptors (Lipinski definition) is 30. The van der Waals surface area contributed by atoms with Crippen molar-refractivity contribution < 1.29 is 138 Å². The Morgan fingerprint density at radius 3 is 1.37 bits per heavy atom. The zero-order chi connectivity index (χ0) is 56.1. The molecule has 2 bridgehead atoms. The molecule has 0 unspecified atom stereocenters. The number of aromatic hydroxyl groups is 15. The Bertz CT molecular complexity index is 4210. The van der Waals surface area contributed by atoms with Crippen LogP contribution in [0.1, 0.15) is 41.4 Å². The van der Waals surface area contributed by atoms with E-state index in [9.17, 15) is 110 Å². The quantitative estimate of drug-likeness (QED) is 0.0341. The second-order valence-corrected chi connectivity index (χ2v) is 17.3. The summed E-state index contributed by atoms with van der Waals surface area (Å²) in [6.45, 7) is -1.40. The molecule has 3 aliphatic rings. The number of cyclic esters (lactones) is 1. The highest BCUT2D eigenvalue weighted by Crippen LogP contribution is 2.57. The van der Waals surface area contributed by atoms with E-state index in [2.05, 4.69) is 0 Å². The summed E-state index contributed by atoms with van der Waals surface area (Å²) in [5.74, 6) is -31.0. The minimum Gasteiger partial charge on any atom is -0.504 e. The molecule has 6 aromatic carbocycles. The van der Waals surface area contributed by atoms with E-state index in [1.165, 1.54) is 0 Å². The molecule has 0 saturated carbocycles. The van der Waals surface area contributed by atoms with E-state index >= 15 is 0 Å². The second kappa shape index (κ2) is 16.7. The van der Waals surface area contributed by atoms with Crippen LogP contribution in [-0.2, 0) is 23.7 Å². The summed E-state index contributed by atoms with van der Waals surface area (Å²) >= 11 is 0. The predicted octanol–water partition coefficient (Wildman–Crippen LogP) is 2.38. The number of phenols is 15. The van der Waals surface area contributed by atoms with Crippen LogP contribution in [0, 0.1) is 0 Å². The maximum atomic E-state index is 15.0. The average Bonchev–Trinajstić information content (AvgIpc) is 3.22. The first-order valence-electron chi connectivity index (χ1n) is 21.7. The molecule has 1 saturated heterocycles. The maximum Gasteiger partial charge on any atom is 0.345 e. The first kappa shape index (κ1) is 49.1.